The molecule has 0 radical (unpaired) electrons. The molecule has 0 amide bonds. The smallest absolute Gasteiger partial charge is 0.0319 e. The fraction of sp³-hybridized carbons (Fsp3) is 0.333. The van der Waals surface area contributed by atoms with Crippen LogP contribution in [0.3, 0.4) is 0 Å². The van der Waals surface area contributed by atoms with Crippen molar-refractivity contribution in [2.24, 2.45) is 5.84 Å². The predicted octanol–water partition coefficient (Wildman–Crippen LogP) is 3.10. The van der Waals surface area contributed by atoms with Crippen molar-refractivity contribution in [2.45, 2.75) is 38.1 Å². The van der Waals surface area contributed by atoms with Gasteiger partial charge in [-0.25, -0.2) is 0 Å². The van der Waals surface area contributed by atoms with Crippen LogP contribution in [0.5, 0.6) is 0 Å². The molecule has 0 saturated heterocycles. The summed E-state index contributed by atoms with van der Waals surface area (Å²) in [6.07, 6.45) is 3.36. The molecule has 2 atom stereocenters. The lowest BCUT2D eigenvalue weighted by atomic mass is 9.88. The van der Waals surface area contributed by atoms with Crippen LogP contribution in [0.1, 0.15) is 34.6 Å². The second kappa shape index (κ2) is 5.78. The van der Waals surface area contributed by atoms with Gasteiger partial charge in [0.1, 0.15) is 0 Å². The Hall–Kier alpha value is -1.64. The van der Waals surface area contributed by atoms with Crippen LogP contribution >= 0.6 is 0 Å². The summed E-state index contributed by atoms with van der Waals surface area (Å²) in [7, 11) is 0. The second-order valence-corrected chi connectivity index (χ2v) is 5.75. The lowest BCUT2D eigenvalue weighted by Gasteiger charge is -2.24. The molecule has 2 aromatic rings. The molecular formula is C18H22N2. The molecule has 2 heteroatoms. The molecule has 3 N–H and O–H groups in total. The minimum absolute atomic E-state index is 0.305. The maximum absolute atomic E-state index is 5.86. The van der Waals surface area contributed by atoms with Crippen molar-refractivity contribution in [3.63, 3.8) is 0 Å². The van der Waals surface area contributed by atoms with Crippen LogP contribution in [-0.4, -0.2) is 6.04 Å². The molecule has 0 aliphatic heterocycles. The fourth-order valence-corrected chi connectivity index (χ4v) is 3.40. The van der Waals surface area contributed by atoms with Gasteiger partial charge in [0.15, 0.2) is 0 Å². The third-order valence-corrected chi connectivity index (χ3v) is 4.58. The number of aryl methyl sites for hydroxylation is 2. The van der Waals surface area contributed by atoms with E-state index in [0.717, 1.165) is 6.42 Å². The van der Waals surface area contributed by atoms with Gasteiger partial charge in [0.05, 0.1) is 0 Å². The molecule has 0 saturated carbocycles. The molecule has 104 valence electrons. The maximum atomic E-state index is 5.86. The van der Waals surface area contributed by atoms with E-state index in [0.29, 0.717) is 12.0 Å². The zero-order valence-electron chi connectivity index (χ0n) is 12.0. The first kappa shape index (κ1) is 13.3. The van der Waals surface area contributed by atoms with Crippen molar-refractivity contribution in [3.05, 3.63) is 70.8 Å². The van der Waals surface area contributed by atoms with E-state index in [4.69, 9.17) is 5.84 Å². The van der Waals surface area contributed by atoms with E-state index in [1.165, 1.54) is 35.1 Å². The second-order valence-electron chi connectivity index (χ2n) is 5.75. The van der Waals surface area contributed by atoms with Crippen molar-refractivity contribution in [1.29, 1.82) is 0 Å². The predicted molar refractivity (Wildman–Crippen MR) is 83.5 cm³/mol. The number of nitrogens with one attached hydrogen (secondary N) is 1. The Balaban J connectivity index is 1.83. The summed E-state index contributed by atoms with van der Waals surface area (Å²) < 4.78 is 0. The third kappa shape index (κ3) is 2.49. The van der Waals surface area contributed by atoms with Gasteiger partial charge in [0.2, 0.25) is 0 Å². The van der Waals surface area contributed by atoms with E-state index in [2.05, 4.69) is 60.9 Å². The van der Waals surface area contributed by atoms with Gasteiger partial charge < -0.3 is 0 Å². The quantitative estimate of drug-likeness (QED) is 0.659. The molecule has 0 aromatic heterocycles. The molecule has 1 aliphatic rings. The Morgan fingerprint density at radius 1 is 1.15 bits per heavy atom. The van der Waals surface area contributed by atoms with Gasteiger partial charge in [-0.2, -0.15) is 0 Å². The number of hydrazine groups is 1. The molecular weight excluding hydrogens is 244 g/mol. The van der Waals surface area contributed by atoms with Crippen molar-refractivity contribution in [1.82, 2.24) is 5.43 Å². The van der Waals surface area contributed by atoms with Crippen molar-refractivity contribution >= 4 is 0 Å². The molecule has 3 rings (SSSR count). The highest BCUT2D eigenvalue weighted by Crippen LogP contribution is 2.36. The Kier molecular flexibility index (Phi) is 3.86. The number of nitrogens with two attached hydrogens (primary N) is 1. The molecule has 0 heterocycles. The number of hydrogen-bond acceptors (Lipinski definition) is 2. The first-order valence-electron chi connectivity index (χ1n) is 7.38. The summed E-state index contributed by atoms with van der Waals surface area (Å²) in [5.41, 5.74) is 8.76. The molecule has 0 spiro atoms. The van der Waals surface area contributed by atoms with Crippen LogP contribution in [0.4, 0.5) is 0 Å². The molecule has 2 unspecified atom stereocenters. The van der Waals surface area contributed by atoms with Crippen LogP contribution in [0.2, 0.25) is 0 Å². The SMILES string of the molecule is Cc1ccccc1CC(NN)C1CCc2ccccc21. The van der Waals surface area contributed by atoms with Gasteiger partial charge >= 0.3 is 0 Å². The molecule has 0 fully saturated rings. The van der Waals surface area contributed by atoms with E-state index in [9.17, 15) is 0 Å². The molecule has 1 aliphatic carbocycles. The average molecular weight is 266 g/mol. The van der Waals surface area contributed by atoms with E-state index in [-0.39, 0.29) is 0 Å². The zero-order valence-corrected chi connectivity index (χ0v) is 12.0. The average Bonchev–Trinajstić information content (AvgIpc) is 2.90. The van der Waals surface area contributed by atoms with Gasteiger partial charge in [-0.05, 0) is 48.4 Å². The Bertz CT molecular complexity index is 591. The molecule has 0 bridgehead atoms. The minimum atomic E-state index is 0.305. The van der Waals surface area contributed by atoms with Gasteiger partial charge in [0, 0.05) is 12.0 Å². The van der Waals surface area contributed by atoms with Crippen LogP contribution in [-0.2, 0) is 12.8 Å². The zero-order chi connectivity index (χ0) is 13.9. The Morgan fingerprint density at radius 3 is 2.70 bits per heavy atom. The highest BCUT2D eigenvalue weighted by Gasteiger charge is 2.29. The first-order chi connectivity index (χ1) is 9.79. The number of rotatable bonds is 4. The van der Waals surface area contributed by atoms with Crippen LogP contribution in [0.25, 0.3) is 0 Å². The van der Waals surface area contributed by atoms with E-state index < -0.39 is 0 Å². The van der Waals surface area contributed by atoms with E-state index in [1.807, 2.05) is 0 Å². The lowest BCUT2D eigenvalue weighted by molar-refractivity contribution is 0.434. The van der Waals surface area contributed by atoms with Crippen molar-refractivity contribution in [3.8, 4) is 0 Å². The van der Waals surface area contributed by atoms with E-state index >= 15 is 0 Å². The van der Waals surface area contributed by atoms with Crippen molar-refractivity contribution < 1.29 is 0 Å². The van der Waals surface area contributed by atoms with Crippen LogP contribution in [0, 0.1) is 6.92 Å². The van der Waals surface area contributed by atoms with Gasteiger partial charge in [-0.3, -0.25) is 11.3 Å². The van der Waals surface area contributed by atoms with Crippen molar-refractivity contribution in [2.75, 3.05) is 0 Å². The third-order valence-electron chi connectivity index (χ3n) is 4.58. The standard InChI is InChI=1S/C18H22N2/c1-13-6-2-3-8-15(13)12-18(20-19)17-11-10-14-7-4-5-9-16(14)17/h2-9,17-18,20H,10-12,19H2,1H3. The number of fused-ring (bicyclic) bond motifs is 1. The van der Waals surface area contributed by atoms with Gasteiger partial charge in [0.25, 0.3) is 0 Å². The number of hydrogen-bond donors (Lipinski definition) is 2. The molecule has 2 aromatic carbocycles. The highest BCUT2D eigenvalue weighted by atomic mass is 15.2. The minimum Gasteiger partial charge on any atom is -0.271 e. The highest BCUT2D eigenvalue weighted by molar-refractivity contribution is 5.37. The summed E-state index contributed by atoms with van der Waals surface area (Å²) >= 11 is 0. The lowest BCUT2D eigenvalue weighted by Crippen LogP contribution is -2.41. The molecule has 20 heavy (non-hydrogen) atoms. The summed E-state index contributed by atoms with van der Waals surface area (Å²) in [5.74, 6) is 6.38. The van der Waals surface area contributed by atoms with Crippen LogP contribution in [0.15, 0.2) is 48.5 Å². The first-order valence-corrected chi connectivity index (χ1v) is 7.38. The van der Waals surface area contributed by atoms with Gasteiger partial charge in [-0.1, -0.05) is 48.5 Å². The maximum Gasteiger partial charge on any atom is 0.0319 e. The Labute approximate surface area is 121 Å². The van der Waals surface area contributed by atoms with Gasteiger partial charge in [-0.15, -0.1) is 0 Å². The Morgan fingerprint density at radius 2 is 1.90 bits per heavy atom. The summed E-state index contributed by atoms with van der Waals surface area (Å²) in [6, 6.07) is 17.7. The number of benzene rings is 2. The topological polar surface area (TPSA) is 38.0 Å². The fourth-order valence-electron chi connectivity index (χ4n) is 3.40. The van der Waals surface area contributed by atoms with E-state index in [1.54, 1.807) is 0 Å². The van der Waals surface area contributed by atoms with Crippen LogP contribution < -0.4 is 11.3 Å². The summed E-state index contributed by atoms with van der Waals surface area (Å²) in [4.78, 5) is 0. The monoisotopic (exact) mass is 266 g/mol. The normalized spacial score (nSPS) is 18.8. The molecule has 2 nitrogen and oxygen atoms in total. The summed E-state index contributed by atoms with van der Waals surface area (Å²) in [5, 5.41) is 0. The summed E-state index contributed by atoms with van der Waals surface area (Å²) in [6.45, 7) is 2.17. The largest absolute Gasteiger partial charge is 0.271 e.